The molecule has 1 fully saturated rings. The van der Waals surface area contributed by atoms with Crippen LogP contribution in [0.5, 0.6) is 0 Å². The molecule has 1 aromatic heterocycles. The van der Waals surface area contributed by atoms with Gasteiger partial charge in [-0.15, -0.1) is 0 Å². The van der Waals surface area contributed by atoms with Crippen molar-refractivity contribution < 1.29 is 36.6 Å². The molecule has 1 atom stereocenters. The first kappa shape index (κ1) is 28.6. The molecule has 3 aromatic carbocycles. The summed E-state index contributed by atoms with van der Waals surface area (Å²) in [5.74, 6) is 0.213. The molecule has 1 saturated heterocycles. The maximum atomic E-state index is 13.9. The van der Waals surface area contributed by atoms with Crippen molar-refractivity contribution in [2.75, 3.05) is 18.1 Å². The quantitative estimate of drug-likeness (QED) is 0.306. The van der Waals surface area contributed by atoms with E-state index in [4.69, 9.17) is 0 Å². The van der Waals surface area contributed by atoms with E-state index in [-0.39, 0.29) is 36.0 Å². The summed E-state index contributed by atoms with van der Waals surface area (Å²) in [6.07, 6.45) is -10.3. The molecule has 1 aliphatic heterocycles. The second kappa shape index (κ2) is 10.5. The summed E-state index contributed by atoms with van der Waals surface area (Å²) in [7, 11) is 0. The Morgan fingerprint density at radius 1 is 0.878 bits per heavy atom. The molecule has 216 valence electrons. The maximum absolute atomic E-state index is 13.9. The summed E-state index contributed by atoms with van der Waals surface area (Å²) in [5.41, 5.74) is -5.30. The number of aliphatic hydroxyl groups is 2. The Hall–Kier alpha value is -3.90. The molecule has 41 heavy (non-hydrogen) atoms. The van der Waals surface area contributed by atoms with Gasteiger partial charge in [-0.05, 0) is 48.7 Å². The van der Waals surface area contributed by atoms with Gasteiger partial charge in [0, 0.05) is 24.2 Å². The average Bonchev–Trinajstić information content (AvgIpc) is 3.41. The number of rotatable bonds is 6. The third-order valence-electron chi connectivity index (χ3n) is 7.41. The van der Waals surface area contributed by atoms with E-state index in [0.29, 0.717) is 29.9 Å². The van der Waals surface area contributed by atoms with Crippen molar-refractivity contribution in [1.29, 1.82) is 0 Å². The number of halogens is 6. The lowest BCUT2D eigenvalue weighted by Gasteiger charge is -2.32. The lowest BCUT2D eigenvalue weighted by molar-refractivity contribution is -0.376. The topological polar surface area (TPSA) is 78.6 Å². The van der Waals surface area contributed by atoms with Crippen molar-refractivity contribution in [1.82, 2.24) is 9.55 Å². The zero-order valence-corrected chi connectivity index (χ0v) is 21.5. The Balaban J connectivity index is 1.67. The van der Waals surface area contributed by atoms with Gasteiger partial charge in [0.25, 0.3) is 11.2 Å². The molecule has 0 bridgehead atoms. The molecule has 1 unspecified atom stereocenters. The number of benzene rings is 3. The highest BCUT2D eigenvalue weighted by Crippen LogP contribution is 2.50. The minimum atomic E-state index is -6.04. The Morgan fingerprint density at radius 2 is 1.51 bits per heavy atom. The number of alkyl halides is 6. The molecule has 0 aliphatic carbocycles. The van der Waals surface area contributed by atoms with Gasteiger partial charge in [-0.25, -0.2) is 4.98 Å². The third kappa shape index (κ3) is 5.06. The summed E-state index contributed by atoms with van der Waals surface area (Å²) < 4.78 is 81.7. The van der Waals surface area contributed by atoms with Gasteiger partial charge >= 0.3 is 12.4 Å². The molecule has 0 radical (unpaired) electrons. The SMILES string of the molecule is O=c1c2cc(N3CCCC3CO)ccc2nc(Cc2ccccc2)n1-c1ccc(C(O)(C(F)(F)F)C(F)(F)F)cc1. The van der Waals surface area contributed by atoms with Crippen LogP contribution in [0.1, 0.15) is 29.8 Å². The zero-order chi connectivity index (χ0) is 29.6. The largest absolute Gasteiger partial charge is 0.430 e. The van der Waals surface area contributed by atoms with Gasteiger partial charge in [-0.1, -0.05) is 42.5 Å². The van der Waals surface area contributed by atoms with Gasteiger partial charge in [0.2, 0.25) is 0 Å². The van der Waals surface area contributed by atoms with Crippen LogP contribution in [0.3, 0.4) is 0 Å². The summed E-state index contributed by atoms with van der Waals surface area (Å²) in [5, 5.41) is 19.7. The normalized spacial score (nSPS) is 16.5. The Kier molecular flexibility index (Phi) is 7.33. The highest BCUT2D eigenvalue weighted by atomic mass is 19.4. The number of aliphatic hydroxyl groups excluding tert-OH is 1. The van der Waals surface area contributed by atoms with E-state index in [9.17, 15) is 41.4 Å². The zero-order valence-electron chi connectivity index (χ0n) is 21.5. The lowest BCUT2D eigenvalue weighted by Crippen LogP contribution is -2.53. The van der Waals surface area contributed by atoms with Crippen molar-refractivity contribution >= 4 is 16.6 Å². The summed E-state index contributed by atoms with van der Waals surface area (Å²) in [4.78, 5) is 20.5. The fourth-order valence-corrected chi connectivity index (χ4v) is 5.27. The van der Waals surface area contributed by atoms with Crippen molar-refractivity contribution in [3.63, 3.8) is 0 Å². The van der Waals surface area contributed by atoms with E-state index in [1.807, 2.05) is 4.90 Å². The van der Waals surface area contributed by atoms with Gasteiger partial charge < -0.3 is 15.1 Å². The molecule has 0 amide bonds. The van der Waals surface area contributed by atoms with Crippen molar-refractivity contribution in [2.45, 2.75) is 43.3 Å². The fraction of sp³-hybridized carbons (Fsp3) is 0.310. The molecule has 2 N–H and O–H groups in total. The molecule has 12 heteroatoms. The number of aromatic nitrogens is 2. The highest BCUT2D eigenvalue weighted by molar-refractivity contribution is 5.82. The summed E-state index contributed by atoms with van der Waals surface area (Å²) in [6, 6.07) is 16.8. The summed E-state index contributed by atoms with van der Waals surface area (Å²) in [6.45, 7) is 0.609. The molecular formula is C29H25F6N3O3. The van der Waals surface area contributed by atoms with Gasteiger partial charge in [-0.2, -0.15) is 26.3 Å². The number of hydrogen-bond donors (Lipinski definition) is 2. The van der Waals surface area contributed by atoms with E-state index in [0.717, 1.165) is 35.1 Å². The second-order valence-corrected chi connectivity index (χ2v) is 9.96. The van der Waals surface area contributed by atoms with Gasteiger partial charge in [-0.3, -0.25) is 9.36 Å². The monoisotopic (exact) mass is 577 g/mol. The van der Waals surface area contributed by atoms with Crippen LogP contribution >= 0.6 is 0 Å². The first-order valence-corrected chi connectivity index (χ1v) is 12.8. The Bertz CT molecular complexity index is 1590. The van der Waals surface area contributed by atoms with Gasteiger partial charge in [0.05, 0.1) is 29.2 Å². The molecule has 5 rings (SSSR count). The van der Waals surface area contributed by atoms with Crippen LogP contribution in [-0.4, -0.2) is 51.3 Å². The standard InChI is InChI=1S/C29H25F6N3O3/c30-28(31,32)27(41,29(33,34)35)19-8-10-20(11-9-19)38-25(15-18-5-2-1-3-6-18)36-24-13-12-21(16-23(24)26(38)40)37-14-4-7-22(37)17-39/h1-3,5-6,8-13,16,22,39,41H,4,7,14-15,17H2. The minimum absolute atomic E-state index is 0.0226. The summed E-state index contributed by atoms with van der Waals surface area (Å²) >= 11 is 0. The van der Waals surface area contributed by atoms with Crippen molar-refractivity contribution in [3.05, 3.63) is 100 Å². The Morgan fingerprint density at radius 3 is 2.12 bits per heavy atom. The maximum Gasteiger partial charge on any atom is 0.430 e. The van der Waals surface area contributed by atoms with Crippen molar-refractivity contribution in [2.24, 2.45) is 0 Å². The molecule has 6 nitrogen and oxygen atoms in total. The predicted molar refractivity (Wildman–Crippen MR) is 140 cm³/mol. The first-order valence-electron chi connectivity index (χ1n) is 12.8. The van der Waals surface area contributed by atoms with Crippen LogP contribution in [-0.2, 0) is 12.0 Å². The Labute approximate surface area is 230 Å². The smallest absolute Gasteiger partial charge is 0.394 e. The molecule has 2 heterocycles. The van der Waals surface area contributed by atoms with Crippen LogP contribution in [0.15, 0.2) is 77.6 Å². The van der Waals surface area contributed by atoms with Crippen LogP contribution in [0.25, 0.3) is 16.6 Å². The average molecular weight is 578 g/mol. The number of fused-ring (bicyclic) bond motifs is 1. The predicted octanol–water partition coefficient (Wildman–Crippen LogP) is 5.25. The second-order valence-electron chi connectivity index (χ2n) is 9.96. The number of hydrogen-bond acceptors (Lipinski definition) is 5. The van der Waals surface area contributed by atoms with E-state index in [1.165, 1.54) is 0 Å². The number of nitrogens with zero attached hydrogens (tertiary/aromatic N) is 3. The molecule has 0 saturated carbocycles. The van der Waals surface area contributed by atoms with Crippen LogP contribution in [0.4, 0.5) is 32.0 Å². The van der Waals surface area contributed by atoms with Crippen LogP contribution in [0.2, 0.25) is 0 Å². The van der Waals surface area contributed by atoms with Gasteiger partial charge in [0.1, 0.15) is 5.82 Å². The van der Waals surface area contributed by atoms with Crippen molar-refractivity contribution in [3.8, 4) is 5.69 Å². The van der Waals surface area contributed by atoms with Crippen LogP contribution in [0, 0.1) is 0 Å². The molecule has 4 aromatic rings. The third-order valence-corrected chi connectivity index (χ3v) is 7.41. The fourth-order valence-electron chi connectivity index (χ4n) is 5.27. The number of anilines is 1. The lowest BCUT2D eigenvalue weighted by atomic mass is 9.92. The van der Waals surface area contributed by atoms with E-state index in [2.05, 4.69) is 4.98 Å². The van der Waals surface area contributed by atoms with Gasteiger partial charge in [0.15, 0.2) is 0 Å². The van der Waals surface area contributed by atoms with E-state index < -0.39 is 29.1 Å². The minimum Gasteiger partial charge on any atom is -0.394 e. The highest BCUT2D eigenvalue weighted by Gasteiger charge is 2.71. The molecule has 0 spiro atoms. The van der Waals surface area contributed by atoms with Crippen LogP contribution < -0.4 is 10.5 Å². The van der Waals surface area contributed by atoms with E-state index >= 15 is 0 Å². The molecular weight excluding hydrogens is 552 g/mol. The first-order chi connectivity index (χ1) is 19.3. The molecule has 1 aliphatic rings. The van der Waals surface area contributed by atoms with E-state index in [1.54, 1.807) is 48.5 Å².